The molecule has 1 atom stereocenters. The third-order valence-corrected chi connectivity index (χ3v) is 4.84. The number of rotatable bonds is 4. The van der Waals surface area contributed by atoms with Crippen molar-refractivity contribution in [3.8, 4) is 5.75 Å². The molecule has 6 heteroatoms. The number of urea groups is 1. The number of nitrogens with one attached hydrogen (secondary N) is 1. The number of hydrogen-bond donors (Lipinski definition) is 1. The van der Waals surface area contributed by atoms with Gasteiger partial charge in [-0.3, -0.25) is 0 Å². The van der Waals surface area contributed by atoms with E-state index in [-0.39, 0.29) is 6.03 Å². The molecule has 1 N–H and O–H groups in total. The summed E-state index contributed by atoms with van der Waals surface area (Å²) in [4.78, 5) is 18.9. The first kappa shape index (κ1) is 17.3. The van der Waals surface area contributed by atoms with Crippen molar-refractivity contribution in [1.29, 1.82) is 0 Å². The number of ether oxygens (including phenoxy) is 1. The molecule has 2 aromatic rings. The van der Waals surface area contributed by atoms with Crippen LogP contribution in [0.1, 0.15) is 24.2 Å². The number of piperidine rings is 1. The lowest BCUT2D eigenvalue weighted by Crippen LogP contribution is -2.43. The number of amides is 2. The summed E-state index contributed by atoms with van der Waals surface area (Å²) in [6.07, 6.45) is 6.88. The molecule has 0 bridgehead atoms. The highest BCUT2D eigenvalue weighted by Crippen LogP contribution is 2.23. The van der Waals surface area contributed by atoms with Crippen LogP contribution in [-0.2, 0) is 13.5 Å². The molecule has 2 amide bonds. The zero-order valence-electron chi connectivity index (χ0n) is 15.2. The Balaban J connectivity index is 1.60. The molecule has 25 heavy (non-hydrogen) atoms. The van der Waals surface area contributed by atoms with Gasteiger partial charge in [-0.05, 0) is 49.4 Å². The van der Waals surface area contributed by atoms with Gasteiger partial charge < -0.3 is 19.5 Å². The zero-order chi connectivity index (χ0) is 17.8. The highest BCUT2D eigenvalue weighted by atomic mass is 16.5. The van der Waals surface area contributed by atoms with Crippen molar-refractivity contribution in [2.75, 3.05) is 25.5 Å². The van der Waals surface area contributed by atoms with E-state index in [1.807, 2.05) is 49.5 Å². The molecule has 1 aliphatic heterocycles. The van der Waals surface area contributed by atoms with E-state index in [0.29, 0.717) is 5.92 Å². The maximum Gasteiger partial charge on any atom is 0.321 e. The second-order valence-corrected chi connectivity index (χ2v) is 6.73. The molecule has 1 aromatic heterocycles. The molecular weight excluding hydrogens is 316 g/mol. The molecule has 2 heterocycles. The van der Waals surface area contributed by atoms with Crippen molar-refractivity contribution in [3.05, 3.63) is 42.0 Å². The minimum absolute atomic E-state index is 0.0332. The lowest BCUT2D eigenvalue weighted by Gasteiger charge is -2.32. The number of anilines is 1. The summed E-state index contributed by atoms with van der Waals surface area (Å²) in [6, 6.07) is 5.66. The number of carbonyl (C=O) groups is 1. The van der Waals surface area contributed by atoms with Gasteiger partial charge in [-0.25, -0.2) is 9.78 Å². The highest BCUT2D eigenvalue weighted by Gasteiger charge is 2.24. The van der Waals surface area contributed by atoms with Crippen molar-refractivity contribution in [2.45, 2.75) is 26.2 Å². The van der Waals surface area contributed by atoms with E-state index in [1.165, 1.54) is 0 Å². The monoisotopic (exact) mass is 342 g/mol. The fourth-order valence-electron chi connectivity index (χ4n) is 3.43. The molecule has 0 radical (unpaired) electrons. The summed E-state index contributed by atoms with van der Waals surface area (Å²) in [5.74, 6) is 2.36. The standard InChI is InChI=1S/C19H26N4O2/c1-14-11-16(6-7-17(14)25-3)21-19(24)23-9-4-5-15(13-23)12-18-20-8-10-22(18)2/h6-8,10-11,15H,4-5,9,12-13H2,1-3H3,(H,21,24). The van der Waals surface area contributed by atoms with Gasteiger partial charge in [0, 0.05) is 44.6 Å². The number of carbonyl (C=O) groups excluding carboxylic acids is 1. The number of aromatic nitrogens is 2. The van der Waals surface area contributed by atoms with E-state index in [4.69, 9.17) is 4.74 Å². The van der Waals surface area contributed by atoms with Crippen molar-refractivity contribution < 1.29 is 9.53 Å². The molecule has 6 nitrogen and oxygen atoms in total. The van der Waals surface area contributed by atoms with Crippen LogP contribution in [0.4, 0.5) is 10.5 Å². The van der Waals surface area contributed by atoms with E-state index < -0.39 is 0 Å². The smallest absolute Gasteiger partial charge is 0.321 e. The normalized spacial score (nSPS) is 17.4. The van der Waals surface area contributed by atoms with Crippen LogP contribution in [-0.4, -0.2) is 40.7 Å². The number of hydrogen-bond acceptors (Lipinski definition) is 3. The molecule has 134 valence electrons. The number of methoxy groups -OCH3 is 1. The lowest BCUT2D eigenvalue weighted by atomic mass is 9.94. The summed E-state index contributed by atoms with van der Waals surface area (Å²) < 4.78 is 7.32. The largest absolute Gasteiger partial charge is 0.496 e. The number of imidazole rings is 1. The topological polar surface area (TPSA) is 59.4 Å². The summed E-state index contributed by atoms with van der Waals surface area (Å²) in [6.45, 7) is 3.55. The van der Waals surface area contributed by atoms with Crippen LogP contribution in [0.5, 0.6) is 5.75 Å². The first-order valence-corrected chi connectivity index (χ1v) is 8.73. The van der Waals surface area contributed by atoms with Gasteiger partial charge in [-0.1, -0.05) is 0 Å². The summed E-state index contributed by atoms with van der Waals surface area (Å²) in [7, 11) is 3.66. The van der Waals surface area contributed by atoms with Crippen LogP contribution in [0.2, 0.25) is 0 Å². The van der Waals surface area contributed by atoms with Crippen molar-refractivity contribution in [1.82, 2.24) is 14.5 Å². The third kappa shape index (κ3) is 4.13. The van der Waals surface area contributed by atoms with Gasteiger partial charge in [0.05, 0.1) is 7.11 Å². The molecule has 1 saturated heterocycles. The first-order chi connectivity index (χ1) is 12.1. The lowest BCUT2D eigenvalue weighted by molar-refractivity contribution is 0.176. The van der Waals surface area contributed by atoms with Gasteiger partial charge in [-0.2, -0.15) is 0 Å². The van der Waals surface area contributed by atoms with Gasteiger partial charge in [0.15, 0.2) is 0 Å². The van der Waals surface area contributed by atoms with E-state index in [0.717, 1.165) is 55.2 Å². The first-order valence-electron chi connectivity index (χ1n) is 8.73. The summed E-state index contributed by atoms with van der Waals surface area (Å²) in [5.41, 5.74) is 1.81. The van der Waals surface area contributed by atoms with Crippen LogP contribution in [0, 0.1) is 12.8 Å². The second-order valence-electron chi connectivity index (χ2n) is 6.73. The molecular formula is C19H26N4O2. The molecule has 1 aromatic carbocycles. The van der Waals surface area contributed by atoms with Crippen LogP contribution < -0.4 is 10.1 Å². The van der Waals surface area contributed by atoms with Crippen molar-refractivity contribution in [2.24, 2.45) is 13.0 Å². The number of nitrogens with zero attached hydrogens (tertiary/aromatic N) is 3. The fourth-order valence-corrected chi connectivity index (χ4v) is 3.43. The average molecular weight is 342 g/mol. The Bertz CT molecular complexity index is 741. The molecule has 0 aliphatic carbocycles. The van der Waals surface area contributed by atoms with Crippen molar-refractivity contribution in [3.63, 3.8) is 0 Å². The predicted molar refractivity (Wildman–Crippen MR) is 98.0 cm³/mol. The van der Waals surface area contributed by atoms with Crippen LogP contribution >= 0.6 is 0 Å². The van der Waals surface area contributed by atoms with Gasteiger partial charge in [0.25, 0.3) is 0 Å². The van der Waals surface area contributed by atoms with Crippen LogP contribution in [0.15, 0.2) is 30.6 Å². The summed E-state index contributed by atoms with van der Waals surface area (Å²) in [5, 5.41) is 3.01. The van der Waals surface area contributed by atoms with Crippen LogP contribution in [0.25, 0.3) is 0 Å². The van der Waals surface area contributed by atoms with Crippen LogP contribution in [0.3, 0.4) is 0 Å². The van der Waals surface area contributed by atoms with E-state index in [2.05, 4.69) is 14.9 Å². The van der Waals surface area contributed by atoms with Gasteiger partial charge in [-0.15, -0.1) is 0 Å². The highest BCUT2D eigenvalue weighted by molar-refractivity contribution is 5.89. The summed E-state index contributed by atoms with van der Waals surface area (Å²) >= 11 is 0. The molecule has 1 aliphatic rings. The SMILES string of the molecule is COc1ccc(NC(=O)N2CCCC(Cc3nccn3C)C2)cc1C. The number of likely N-dealkylation sites (tertiary alicyclic amines) is 1. The quantitative estimate of drug-likeness (QED) is 0.928. The second kappa shape index (κ2) is 7.59. The van der Waals surface area contributed by atoms with E-state index in [1.54, 1.807) is 7.11 Å². The molecule has 1 fully saturated rings. The Morgan fingerprint density at radius 2 is 2.28 bits per heavy atom. The molecule has 1 unspecified atom stereocenters. The molecule has 0 spiro atoms. The van der Waals surface area contributed by atoms with E-state index >= 15 is 0 Å². The van der Waals surface area contributed by atoms with Gasteiger partial charge in [0.1, 0.15) is 11.6 Å². The Morgan fingerprint density at radius 3 is 2.96 bits per heavy atom. The Hall–Kier alpha value is -2.50. The van der Waals surface area contributed by atoms with E-state index in [9.17, 15) is 4.79 Å². The minimum atomic E-state index is -0.0332. The maximum atomic E-state index is 12.6. The maximum absolute atomic E-state index is 12.6. The van der Waals surface area contributed by atoms with Gasteiger partial charge in [0.2, 0.25) is 0 Å². The van der Waals surface area contributed by atoms with Gasteiger partial charge >= 0.3 is 6.03 Å². The average Bonchev–Trinajstić information content (AvgIpc) is 3.00. The number of aryl methyl sites for hydroxylation is 2. The molecule has 0 saturated carbocycles. The number of benzene rings is 1. The third-order valence-electron chi connectivity index (χ3n) is 4.84. The predicted octanol–water partition coefficient (Wildman–Crippen LogP) is 3.22. The minimum Gasteiger partial charge on any atom is -0.496 e. The Morgan fingerprint density at radius 1 is 1.44 bits per heavy atom. The van der Waals surface area contributed by atoms with Crippen molar-refractivity contribution >= 4 is 11.7 Å². The Labute approximate surface area is 148 Å². The Kier molecular flexibility index (Phi) is 5.26. The molecule has 3 rings (SSSR count). The zero-order valence-corrected chi connectivity index (χ0v) is 15.2. The fraction of sp³-hybridized carbons (Fsp3) is 0.474.